The Bertz CT molecular complexity index is 559. The van der Waals surface area contributed by atoms with Gasteiger partial charge in [-0.25, -0.2) is 0 Å². The summed E-state index contributed by atoms with van der Waals surface area (Å²) in [5.74, 6) is 0. The summed E-state index contributed by atoms with van der Waals surface area (Å²) in [7, 11) is 2.16. The van der Waals surface area contributed by atoms with Crippen LogP contribution >= 0.6 is 0 Å². The number of nitrogens with one attached hydrogen (secondary N) is 1. The first-order valence-electron chi connectivity index (χ1n) is 6.54. The Balaban J connectivity index is 1.96. The third-order valence-electron chi connectivity index (χ3n) is 3.81. The normalized spacial score (nSPS) is 19.3. The Morgan fingerprint density at radius 1 is 1.33 bits per heavy atom. The van der Waals surface area contributed by atoms with Crippen molar-refractivity contribution in [3.05, 3.63) is 36.0 Å². The third-order valence-corrected chi connectivity index (χ3v) is 3.81. The maximum absolute atomic E-state index is 4.55. The monoisotopic (exact) mass is 241 g/mol. The molecule has 1 saturated heterocycles. The molecule has 3 nitrogen and oxygen atoms in total. The van der Waals surface area contributed by atoms with E-state index in [2.05, 4.69) is 53.4 Å². The van der Waals surface area contributed by atoms with Gasteiger partial charge < -0.3 is 10.2 Å². The summed E-state index contributed by atoms with van der Waals surface area (Å²) in [4.78, 5) is 6.89. The minimum atomic E-state index is 0.592. The van der Waals surface area contributed by atoms with E-state index in [-0.39, 0.29) is 0 Å². The lowest BCUT2D eigenvalue weighted by Gasteiger charge is -2.25. The van der Waals surface area contributed by atoms with Gasteiger partial charge in [0.1, 0.15) is 0 Å². The summed E-state index contributed by atoms with van der Waals surface area (Å²) >= 11 is 0. The second-order valence-electron chi connectivity index (χ2n) is 5.15. The molecule has 94 valence electrons. The van der Waals surface area contributed by atoms with Crippen molar-refractivity contribution in [1.29, 1.82) is 0 Å². The number of anilines is 1. The van der Waals surface area contributed by atoms with Crippen LogP contribution in [0.5, 0.6) is 0 Å². The largest absolute Gasteiger partial charge is 0.369 e. The summed E-state index contributed by atoms with van der Waals surface area (Å²) in [6.45, 7) is 4.31. The topological polar surface area (TPSA) is 28.2 Å². The standard InChI is InChI=1S/C15H19N3/c1-11-3-4-15-12(7-11)8-14(10-17-15)18(2)13-5-6-16-9-13/h3-4,7-8,10,13,16H,5-6,9H2,1-2H3/t13-/m0/s1. The second-order valence-corrected chi connectivity index (χ2v) is 5.15. The SMILES string of the molecule is Cc1ccc2ncc(N(C)[C@H]3CCNC3)cc2c1. The van der Waals surface area contributed by atoms with Crippen LogP contribution < -0.4 is 10.2 Å². The zero-order valence-electron chi connectivity index (χ0n) is 11.0. The van der Waals surface area contributed by atoms with Crippen molar-refractivity contribution < 1.29 is 0 Å². The minimum Gasteiger partial charge on any atom is -0.369 e. The number of hydrogen-bond donors (Lipinski definition) is 1. The molecular formula is C15H19N3. The van der Waals surface area contributed by atoms with Crippen molar-refractivity contribution in [3.63, 3.8) is 0 Å². The highest BCUT2D eigenvalue weighted by atomic mass is 15.2. The Hall–Kier alpha value is -1.61. The van der Waals surface area contributed by atoms with Gasteiger partial charge in [0, 0.05) is 25.0 Å². The maximum Gasteiger partial charge on any atom is 0.0703 e. The van der Waals surface area contributed by atoms with Crippen molar-refractivity contribution >= 4 is 16.6 Å². The fraction of sp³-hybridized carbons (Fsp3) is 0.400. The zero-order chi connectivity index (χ0) is 12.5. The van der Waals surface area contributed by atoms with Crippen molar-refractivity contribution in [2.45, 2.75) is 19.4 Å². The molecule has 0 unspecified atom stereocenters. The van der Waals surface area contributed by atoms with Crippen LogP contribution in [-0.4, -0.2) is 31.2 Å². The van der Waals surface area contributed by atoms with Crippen LogP contribution in [0.2, 0.25) is 0 Å². The van der Waals surface area contributed by atoms with E-state index in [4.69, 9.17) is 0 Å². The molecule has 1 N–H and O–H groups in total. The van der Waals surface area contributed by atoms with Gasteiger partial charge >= 0.3 is 0 Å². The van der Waals surface area contributed by atoms with E-state index in [0.717, 1.165) is 18.6 Å². The molecule has 1 aliphatic heterocycles. The highest BCUT2D eigenvalue weighted by molar-refractivity contribution is 5.82. The van der Waals surface area contributed by atoms with Crippen LogP contribution in [0, 0.1) is 6.92 Å². The number of aromatic nitrogens is 1. The minimum absolute atomic E-state index is 0.592. The lowest BCUT2D eigenvalue weighted by Crippen LogP contribution is -2.33. The number of aryl methyl sites for hydroxylation is 1. The Morgan fingerprint density at radius 2 is 2.22 bits per heavy atom. The van der Waals surface area contributed by atoms with E-state index in [1.807, 2.05) is 6.20 Å². The highest BCUT2D eigenvalue weighted by Gasteiger charge is 2.19. The van der Waals surface area contributed by atoms with E-state index in [1.54, 1.807) is 0 Å². The molecule has 18 heavy (non-hydrogen) atoms. The highest BCUT2D eigenvalue weighted by Crippen LogP contribution is 2.22. The summed E-state index contributed by atoms with van der Waals surface area (Å²) in [6.07, 6.45) is 3.19. The summed E-state index contributed by atoms with van der Waals surface area (Å²) in [6, 6.07) is 9.24. The van der Waals surface area contributed by atoms with Crippen LogP contribution in [0.4, 0.5) is 5.69 Å². The Kier molecular flexibility index (Phi) is 2.92. The Labute approximate surface area is 108 Å². The fourth-order valence-electron chi connectivity index (χ4n) is 2.61. The third kappa shape index (κ3) is 2.06. The molecule has 1 atom stereocenters. The zero-order valence-corrected chi connectivity index (χ0v) is 11.0. The number of hydrogen-bond acceptors (Lipinski definition) is 3. The van der Waals surface area contributed by atoms with Gasteiger partial charge in [-0.3, -0.25) is 4.98 Å². The number of likely N-dealkylation sites (N-methyl/N-ethyl adjacent to an activating group) is 1. The Morgan fingerprint density at radius 3 is 3.00 bits per heavy atom. The smallest absolute Gasteiger partial charge is 0.0703 e. The average Bonchev–Trinajstić information content (AvgIpc) is 2.90. The van der Waals surface area contributed by atoms with Crippen molar-refractivity contribution in [3.8, 4) is 0 Å². The molecular weight excluding hydrogens is 222 g/mol. The van der Waals surface area contributed by atoms with Gasteiger partial charge in [0.05, 0.1) is 17.4 Å². The second kappa shape index (κ2) is 4.58. The van der Waals surface area contributed by atoms with Crippen LogP contribution in [0.1, 0.15) is 12.0 Å². The molecule has 2 aromatic rings. The first kappa shape index (κ1) is 11.5. The van der Waals surface area contributed by atoms with Gasteiger partial charge in [-0.2, -0.15) is 0 Å². The van der Waals surface area contributed by atoms with Gasteiger partial charge in [-0.05, 0) is 38.1 Å². The molecule has 0 aliphatic carbocycles. The molecule has 2 heterocycles. The van der Waals surface area contributed by atoms with Crippen molar-refractivity contribution in [1.82, 2.24) is 10.3 Å². The van der Waals surface area contributed by atoms with E-state index >= 15 is 0 Å². The summed E-state index contributed by atoms with van der Waals surface area (Å²) < 4.78 is 0. The molecule has 0 amide bonds. The van der Waals surface area contributed by atoms with Gasteiger partial charge in [0.2, 0.25) is 0 Å². The van der Waals surface area contributed by atoms with Crippen molar-refractivity contribution in [2.24, 2.45) is 0 Å². The number of fused-ring (bicyclic) bond motifs is 1. The van der Waals surface area contributed by atoms with Crippen molar-refractivity contribution in [2.75, 3.05) is 25.0 Å². The molecule has 1 aromatic heterocycles. The van der Waals surface area contributed by atoms with E-state index in [1.165, 1.54) is 23.1 Å². The van der Waals surface area contributed by atoms with Gasteiger partial charge in [-0.15, -0.1) is 0 Å². The summed E-state index contributed by atoms with van der Waals surface area (Å²) in [5, 5.41) is 4.63. The quantitative estimate of drug-likeness (QED) is 0.874. The number of pyridine rings is 1. The molecule has 0 bridgehead atoms. The maximum atomic E-state index is 4.55. The molecule has 3 rings (SSSR count). The van der Waals surface area contributed by atoms with Crippen LogP contribution in [-0.2, 0) is 0 Å². The van der Waals surface area contributed by atoms with E-state index in [9.17, 15) is 0 Å². The predicted molar refractivity (Wildman–Crippen MR) is 76.2 cm³/mol. The molecule has 0 radical (unpaired) electrons. The fourth-order valence-corrected chi connectivity index (χ4v) is 2.61. The number of nitrogens with zero attached hydrogens (tertiary/aromatic N) is 2. The average molecular weight is 241 g/mol. The molecule has 1 aromatic carbocycles. The molecule has 3 heteroatoms. The lowest BCUT2D eigenvalue weighted by atomic mass is 10.1. The first-order valence-corrected chi connectivity index (χ1v) is 6.54. The molecule has 0 saturated carbocycles. The van der Waals surface area contributed by atoms with E-state index in [0.29, 0.717) is 6.04 Å². The van der Waals surface area contributed by atoms with Crippen LogP contribution in [0.25, 0.3) is 10.9 Å². The molecule has 0 spiro atoms. The molecule has 1 fully saturated rings. The number of benzene rings is 1. The van der Waals surface area contributed by atoms with Gasteiger partial charge in [0.15, 0.2) is 0 Å². The van der Waals surface area contributed by atoms with Crippen LogP contribution in [0.15, 0.2) is 30.5 Å². The number of rotatable bonds is 2. The van der Waals surface area contributed by atoms with Gasteiger partial charge in [0.25, 0.3) is 0 Å². The lowest BCUT2D eigenvalue weighted by molar-refractivity contribution is 0.685. The first-order chi connectivity index (χ1) is 8.74. The predicted octanol–water partition coefficient (Wildman–Crippen LogP) is 2.34. The summed E-state index contributed by atoms with van der Waals surface area (Å²) in [5.41, 5.74) is 3.57. The van der Waals surface area contributed by atoms with E-state index < -0.39 is 0 Å². The van der Waals surface area contributed by atoms with Crippen LogP contribution in [0.3, 0.4) is 0 Å². The van der Waals surface area contributed by atoms with Gasteiger partial charge in [-0.1, -0.05) is 11.6 Å². The molecule has 1 aliphatic rings.